The fraction of sp³-hybridized carbons (Fsp3) is 0.333. The quantitative estimate of drug-likeness (QED) is 0.641. The lowest BCUT2D eigenvalue weighted by Crippen LogP contribution is -2.50. The number of carbonyl (C=O) groups excluding carboxylic acids is 2. The zero-order valence-corrected chi connectivity index (χ0v) is 16.8. The van der Waals surface area contributed by atoms with E-state index in [4.69, 9.17) is 4.74 Å². The van der Waals surface area contributed by atoms with E-state index in [-0.39, 0.29) is 38.2 Å². The van der Waals surface area contributed by atoms with Gasteiger partial charge in [-0.2, -0.15) is 26.3 Å². The van der Waals surface area contributed by atoms with Crippen molar-refractivity contribution in [3.8, 4) is 5.75 Å². The van der Waals surface area contributed by atoms with Crippen molar-refractivity contribution in [1.29, 1.82) is 0 Å². The van der Waals surface area contributed by atoms with Gasteiger partial charge >= 0.3 is 12.4 Å². The first-order valence-corrected chi connectivity index (χ1v) is 9.42. The Balaban J connectivity index is 1.76. The minimum Gasteiger partial charge on any atom is -0.497 e. The second kappa shape index (κ2) is 8.71. The number of piperazine rings is 1. The zero-order chi connectivity index (χ0) is 23.7. The van der Waals surface area contributed by atoms with Crippen LogP contribution in [-0.4, -0.2) is 54.9 Å². The minimum absolute atomic E-state index is 0.0263. The van der Waals surface area contributed by atoms with Gasteiger partial charge in [0.1, 0.15) is 5.75 Å². The molecule has 1 aliphatic heterocycles. The fourth-order valence-electron chi connectivity index (χ4n) is 3.31. The standard InChI is InChI=1S/C21H18F6N2O3/c1-32-17-4-2-3-13(11-17)18(30)28-5-7-29(8-6-28)19(31)14-9-15(20(22,23)24)12-16(10-14)21(25,26)27/h2-4,9-12H,5-8H2,1H3. The lowest BCUT2D eigenvalue weighted by Gasteiger charge is -2.35. The Bertz CT molecular complexity index is 979. The van der Waals surface area contributed by atoms with Gasteiger partial charge in [-0.3, -0.25) is 9.59 Å². The number of carbonyl (C=O) groups is 2. The summed E-state index contributed by atoms with van der Waals surface area (Å²) in [4.78, 5) is 27.9. The molecule has 0 radical (unpaired) electrons. The molecule has 2 aromatic carbocycles. The number of benzene rings is 2. The molecule has 1 saturated heterocycles. The maximum atomic E-state index is 13.1. The molecule has 1 fully saturated rings. The van der Waals surface area contributed by atoms with Gasteiger partial charge in [-0.05, 0) is 36.4 Å². The van der Waals surface area contributed by atoms with Gasteiger partial charge in [-0.1, -0.05) is 6.07 Å². The maximum Gasteiger partial charge on any atom is 0.416 e. The number of rotatable bonds is 3. The lowest BCUT2D eigenvalue weighted by molar-refractivity contribution is -0.143. The Morgan fingerprint density at radius 3 is 1.66 bits per heavy atom. The predicted octanol–water partition coefficient (Wildman–Crippen LogP) is 4.33. The topological polar surface area (TPSA) is 49.9 Å². The average Bonchev–Trinajstić information content (AvgIpc) is 2.76. The van der Waals surface area contributed by atoms with E-state index in [1.54, 1.807) is 24.3 Å². The summed E-state index contributed by atoms with van der Waals surface area (Å²) in [5.74, 6) is -0.806. The van der Waals surface area contributed by atoms with Crippen LogP contribution >= 0.6 is 0 Å². The number of alkyl halides is 6. The number of nitrogens with zero attached hydrogens (tertiary/aromatic N) is 2. The molecule has 0 saturated carbocycles. The van der Waals surface area contributed by atoms with Gasteiger partial charge in [0.15, 0.2) is 0 Å². The van der Waals surface area contributed by atoms with Crippen LogP contribution in [0.4, 0.5) is 26.3 Å². The van der Waals surface area contributed by atoms with Crippen LogP contribution in [-0.2, 0) is 12.4 Å². The highest BCUT2D eigenvalue weighted by atomic mass is 19.4. The Morgan fingerprint density at radius 2 is 1.22 bits per heavy atom. The molecular formula is C21H18F6N2O3. The van der Waals surface area contributed by atoms with Crippen LogP contribution < -0.4 is 4.74 Å². The summed E-state index contributed by atoms with van der Waals surface area (Å²) < 4.78 is 83.4. The molecule has 0 unspecified atom stereocenters. The monoisotopic (exact) mass is 460 g/mol. The van der Waals surface area contributed by atoms with Crippen molar-refractivity contribution in [1.82, 2.24) is 9.80 Å². The van der Waals surface area contributed by atoms with E-state index in [1.807, 2.05) is 0 Å². The second-order valence-corrected chi connectivity index (χ2v) is 7.11. The van der Waals surface area contributed by atoms with Crippen molar-refractivity contribution in [2.45, 2.75) is 12.4 Å². The molecule has 2 aromatic rings. The molecular weight excluding hydrogens is 442 g/mol. The van der Waals surface area contributed by atoms with Gasteiger partial charge in [-0.15, -0.1) is 0 Å². The lowest BCUT2D eigenvalue weighted by atomic mass is 10.0. The van der Waals surface area contributed by atoms with Crippen molar-refractivity contribution in [2.75, 3.05) is 33.3 Å². The van der Waals surface area contributed by atoms with E-state index in [0.717, 1.165) is 4.90 Å². The number of halogens is 6. The molecule has 3 rings (SSSR count). The minimum atomic E-state index is -5.04. The third-order valence-corrected chi connectivity index (χ3v) is 5.01. The molecule has 0 aromatic heterocycles. The molecule has 32 heavy (non-hydrogen) atoms. The molecule has 0 N–H and O–H groups in total. The Morgan fingerprint density at radius 1 is 0.750 bits per heavy atom. The zero-order valence-electron chi connectivity index (χ0n) is 16.8. The Hall–Kier alpha value is -3.24. The number of amides is 2. The molecule has 11 heteroatoms. The number of ether oxygens (including phenoxy) is 1. The molecule has 2 amide bonds. The highest BCUT2D eigenvalue weighted by Gasteiger charge is 2.38. The summed E-state index contributed by atoms with van der Waals surface area (Å²) in [7, 11) is 1.45. The third kappa shape index (κ3) is 5.14. The van der Waals surface area contributed by atoms with Gasteiger partial charge in [-0.25, -0.2) is 0 Å². The van der Waals surface area contributed by atoms with Crippen molar-refractivity contribution in [3.05, 3.63) is 64.7 Å². The second-order valence-electron chi connectivity index (χ2n) is 7.11. The van der Waals surface area contributed by atoms with Crippen LogP contribution in [0.5, 0.6) is 5.75 Å². The van der Waals surface area contributed by atoms with E-state index in [0.29, 0.717) is 23.4 Å². The third-order valence-electron chi connectivity index (χ3n) is 5.01. The summed E-state index contributed by atoms with van der Waals surface area (Å²) in [5.41, 5.74) is -3.46. The average molecular weight is 460 g/mol. The van der Waals surface area contributed by atoms with Crippen molar-refractivity contribution in [3.63, 3.8) is 0 Å². The highest BCUT2D eigenvalue weighted by molar-refractivity contribution is 5.96. The molecule has 172 valence electrons. The first kappa shape index (κ1) is 23.4. The Labute approximate surface area is 179 Å². The summed E-state index contributed by atoms with van der Waals surface area (Å²) in [5, 5.41) is 0. The summed E-state index contributed by atoms with van der Waals surface area (Å²) in [6.07, 6.45) is -10.1. The van der Waals surface area contributed by atoms with Gasteiger partial charge in [0.25, 0.3) is 11.8 Å². The largest absolute Gasteiger partial charge is 0.497 e. The van der Waals surface area contributed by atoms with Crippen LogP contribution in [0.2, 0.25) is 0 Å². The number of methoxy groups -OCH3 is 1. The number of hydrogen-bond donors (Lipinski definition) is 0. The normalized spacial score (nSPS) is 15.0. The maximum absolute atomic E-state index is 13.1. The van der Waals surface area contributed by atoms with Crippen molar-refractivity contribution < 1.29 is 40.7 Å². The molecule has 1 heterocycles. The summed E-state index contributed by atoms with van der Waals surface area (Å²) in [6.45, 7) is 0.0814. The van der Waals surface area contributed by atoms with E-state index < -0.39 is 35.0 Å². The van der Waals surface area contributed by atoms with Crippen molar-refractivity contribution >= 4 is 11.8 Å². The first-order valence-electron chi connectivity index (χ1n) is 9.42. The predicted molar refractivity (Wildman–Crippen MR) is 101 cm³/mol. The molecule has 5 nitrogen and oxygen atoms in total. The summed E-state index contributed by atoms with van der Waals surface area (Å²) >= 11 is 0. The fourth-order valence-corrected chi connectivity index (χ4v) is 3.31. The molecule has 0 bridgehead atoms. The van der Waals surface area contributed by atoms with Crippen LogP contribution in [0.3, 0.4) is 0 Å². The van der Waals surface area contributed by atoms with E-state index in [9.17, 15) is 35.9 Å². The molecule has 1 aliphatic rings. The molecule has 0 atom stereocenters. The highest BCUT2D eigenvalue weighted by Crippen LogP contribution is 2.36. The van der Waals surface area contributed by atoms with Gasteiger partial charge in [0.2, 0.25) is 0 Å². The van der Waals surface area contributed by atoms with Crippen LogP contribution in [0.25, 0.3) is 0 Å². The van der Waals surface area contributed by atoms with Crippen molar-refractivity contribution in [2.24, 2.45) is 0 Å². The van der Waals surface area contributed by atoms with Crippen LogP contribution in [0.1, 0.15) is 31.8 Å². The van der Waals surface area contributed by atoms with E-state index in [2.05, 4.69) is 0 Å². The molecule has 0 aliphatic carbocycles. The van der Waals surface area contributed by atoms with E-state index in [1.165, 1.54) is 12.0 Å². The Kier molecular flexibility index (Phi) is 6.38. The SMILES string of the molecule is COc1cccc(C(=O)N2CCN(C(=O)c3cc(C(F)(F)F)cc(C(F)(F)F)c3)CC2)c1. The van der Waals surface area contributed by atoms with E-state index >= 15 is 0 Å². The first-order chi connectivity index (χ1) is 14.9. The van der Waals surface area contributed by atoms with Gasteiger partial charge in [0.05, 0.1) is 18.2 Å². The smallest absolute Gasteiger partial charge is 0.416 e. The van der Waals surface area contributed by atoms with Crippen LogP contribution in [0, 0.1) is 0 Å². The van der Waals surface area contributed by atoms with Gasteiger partial charge < -0.3 is 14.5 Å². The number of hydrogen-bond acceptors (Lipinski definition) is 3. The molecule has 0 spiro atoms. The van der Waals surface area contributed by atoms with Gasteiger partial charge in [0, 0.05) is 37.3 Å². The summed E-state index contributed by atoms with van der Waals surface area (Å²) in [6, 6.07) is 7.22. The van der Waals surface area contributed by atoms with Crippen LogP contribution in [0.15, 0.2) is 42.5 Å².